The zero-order valence-electron chi connectivity index (χ0n) is 8.46. The monoisotopic (exact) mass is 244 g/mol. The molecular formula is C10H12O5S. The van der Waals surface area contributed by atoms with Crippen LogP contribution in [0, 0.1) is 0 Å². The summed E-state index contributed by atoms with van der Waals surface area (Å²) in [7, 11) is 0. The summed E-state index contributed by atoms with van der Waals surface area (Å²) < 4.78 is 28.2. The van der Waals surface area contributed by atoms with Crippen LogP contribution in [0.25, 0.3) is 0 Å². The topological polar surface area (TPSA) is 83.8 Å². The second-order valence-electron chi connectivity index (χ2n) is 3.14. The molecule has 16 heavy (non-hydrogen) atoms. The van der Waals surface area contributed by atoms with E-state index in [0.717, 1.165) is 30.6 Å². The van der Waals surface area contributed by atoms with Crippen molar-refractivity contribution in [2.24, 2.45) is 0 Å². The van der Waals surface area contributed by atoms with E-state index in [2.05, 4.69) is 6.07 Å². The van der Waals surface area contributed by atoms with E-state index in [4.69, 9.17) is 18.1 Å². The summed E-state index contributed by atoms with van der Waals surface area (Å²) in [5.74, 6) is 0.977. The number of ether oxygens (including phenoxy) is 1. The molecule has 0 fully saturated rings. The van der Waals surface area contributed by atoms with Crippen molar-refractivity contribution < 1.29 is 22.8 Å². The highest BCUT2D eigenvalue weighted by molar-refractivity contribution is 7.73. The lowest BCUT2D eigenvalue weighted by atomic mass is 10.1. The number of fused-ring (bicyclic) bond motifs is 1. The van der Waals surface area contributed by atoms with Gasteiger partial charge in [0.15, 0.2) is 0 Å². The molecule has 0 unspecified atom stereocenters. The Morgan fingerprint density at radius 2 is 2.12 bits per heavy atom. The molecule has 1 aromatic rings. The van der Waals surface area contributed by atoms with Gasteiger partial charge in [-0.2, -0.15) is 4.21 Å². The Kier molecular flexibility index (Phi) is 5.10. The lowest BCUT2D eigenvalue weighted by Gasteiger charge is -1.99. The Morgan fingerprint density at radius 3 is 2.75 bits per heavy atom. The van der Waals surface area contributed by atoms with E-state index in [0.29, 0.717) is 6.42 Å². The maximum Gasteiger partial charge on any atom is 0.299 e. The molecule has 1 heterocycles. The number of aldehydes is 1. The molecule has 0 aliphatic carbocycles. The molecule has 0 aromatic heterocycles. The van der Waals surface area contributed by atoms with Crippen molar-refractivity contribution in [1.82, 2.24) is 0 Å². The van der Waals surface area contributed by atoms with E-state index in [9.17, 15) is 4.79 Å². The fourth-order valence-corrected chi connectivity index (χ4v) is 1.46. The first kappa shape index (κ1) is 12.8. The Bertz CT molecular complexity index is 387. The van der Waals surface area contributed by atoms with Crippen LogP contribution in [-0.2, 0) is 29.0 Å². The zero-order valence-corrected chi connectivity index (χ0v) is 9.27. The summed E-state index contributed by atoms with van der Waals surface area (Å²) in [5.41, 5.74) is 2.31. The van der Waals surface area contributed by atoms with Gasteiger partial charge in [0.1, 0.15) is 12.0 Å². The third-order valence-electron chi connectivity index (χ3n) is 2.07. The third kappa shape index (κ3) is 4.09. The number of carbonyl (C=O) groups is 1. The molecule has 88 valence electrons. The number of benzene rings is 1. The third-order valence-corrected chi connectivity index (χ3v) is 2.07. The molecule has 1 aromatic carbocycles. The van der Waals surface area contributed by atoms with Gasteiger partial charge in [0.2, 0.25) is 0 Å². The molecule has 5 nitrogen and oxygen atoms in total. The number of carbonyl (C=O) groups excluding carboxylic acids is 1. The largest absolute Gasteiger partial charge is 0.493 e. The molecule has 1 aliphatic heterocycles. The number of rotatable bonds is 2. The Morgan fingerprint density at radius 1 is 1.44 bits per heavy atom. The van der Waals surface area contributed by atoms with Gasteiger partial charge in [-0.25, -0.2) is 0 Å². The molecule has 0 radical (unpaired) electrons. The number of hydrogen-bond donors (Lipinski definition) is 2. The molecule has 1 aliphatic rings. The molecular weight excluding hydrogens is 232 g/mol. The highest BCUT2D eigenvalue weighted by Gasteiger charge is 2.11. The highest BCUT2D eigenvalue weighted by Crippen LogP contribution is 2.25. The SMILES string of the molecule is O=CCc1ccc2c(c1)CCO2.O=S(O)O. The van der Waals surface area contributed by atoms with Gasteiger partial charge in [0, 0.05) is 12.8 Å². The standard InChI is InChI=1S/C10H10O2.H2O3S/c11-5-3-8-1-2-10-9(7-8)4-6-12-10;1-4(2)3/h1-2,5,7H,3-4,6H2;(H2,1,2,3). The Hall–Kier alpha value is -1.24. The smallest absolute Gasteiger partial charge is 0.299 e. The van der Waals surface area contributed by atoms with Crippen molar-refractivity contribution in [3.63, 3.8) is 0 Å². The second kappa shape index (κ2) is 6.37. The minimum Gasteiger partial charge on any atom is -0.493 e. The van der Waals surface area contributed by atoms with Crippen molar-refractivity contribution in [1.29, 1.82) is 0 Å². The summed E-state index contributed by atoms with van der Waals surface area (Å²) >= 11 is -2.61. The molecule has 0 spiro atoms. The Labute approximate surface area is 95.5 Å². The fraction of sp³-hybridized carbons (Fsp3) is 0.300. The van der Waals surface area contributed by atoms with Crippen molar-refractivity contribution in [2.45, 2.75) is 12.8 Å². The molecule has 2 rings (SSSR count). The Balaban J connectivity index is 0.000000280. The summed E-state index contributed by atoms with van der Waals surface area (Å²) in [6, 6.07) is 5.94. The van der Waals surface area contributed by atoms with Crippen molar-refractivity contribution >= 4 is 17.6 Å². The first-order valence-electron chi connectivity index (χ1n) is 4.61. The van der Waals surface area contributed by atoms with Crippen LogP contribution in [-0.4, -0.2) is 26.2 Å². The predicted molar refractivity (Wildman–Crippen MR) is 58.8 cm³/mol. The fourth-order valence-electron chi connectivity index (χ4n) is 1.46. The van der Waals surface area contributed by atoms with E-state index in [-0.39, 0.29) is 0 Å². The minimum atomic E-state index is -2.61. The first-order chi connectivity index (χ1) is 7.63. The van der Waals surface area contributed by atoms with Crippen molar-refractivity contribution in [3.05, 3.63) is 29.3 Å². The van der Waals surface area contributed by atoms with E-state index in [1.807, 2.05) is 12.1 Å². The van der Waals surface area contributed by atoms with Gasteiger partial charge in [-0.05, 0) is 17.2 Å². The van der Waals surface area contributed by atoms with Crippen LogP contribution in [0.2, 0.25) is 0 Å². The average molecular weight is 244 g/mol. The van der Waals surface area contributed by atoms with Gasteiger partial charge in [0.05, 0.1) is 6.61 Å². The molecule has 0 saturated carbocycles. The summed E-state index contributed by atoms with van der Waals surface area (Å²) in [6.45, 7) is 0.778. The van der Waals surface area contributed by atoms with E-state index >= 15 is 0 Å². The summed E-state index contributed by atoms with van der Waals surface area (Å²) in [6.07, 6.45) is 2.41. The van der Waals surface area contributed by atoms with Gasteiger partial charge < -0.3 is 9.53 Å². The van der Waals surface area contributed by atoms with Crippen molar-refractivity contribution in [3.8, 4) is 5.75 Å². The van der Waals surface area contributed by atoms with E-state index in [1.54, 1.807) is 0 Å². The quantitative estimate of drug-likeness (QED) is 0.600. The molecule has 0 amide bonds. The average Bonchev–Trinajstić information content (AvgIpc) is 2.64. The van der Waals surface area contributed by atoms with Crippen molar-refractivity contribution in [2.75, 3.05) is 6.61 Å². The predicted octanol–water partition coefficient (Wildman–Crippen LogP) is 1.04. The normalized spacial score (nSPS) is 12.4. The van der Waals surface area contributed by atoms with Crippen LogP contribution in [0.5, 0.6) is 5.75 Å². The van der Waals surface area contributed by atoms with Gasteiger partial charge in [-0.3, -0.25) is 9.11 Å². The highest BCUT2D eigenvalue weighted by atomic mass is 32.2. The van der Waals surface area contributed by atoms with E-state index < -0.39 is 11.4 Å². The van der Waals surface area contributed by atoms with Gasteiger partial charge in [0.25, 0.3) is 11.4 Å². The van der Waals surface area contributed by atoms with Gasteiger partial charge in [-0.15, -0.1) is 0 Å². The second-order valence-corrected chi connectivity index (χ2v) is 3.60. The maximum absolute atomic E-state index is 10.2. The maximum atomic E-state index is 10.2. The first-order valence-corrected chi connectivity index (χ1v) is 5.68. The molecule has 0 atom stereocenters. The van der Waals surface area contributed by atoms with Crippen LogP contribution in [0.1, 0.15) is 11.1 Å². The molecule has 0 bridgehead atoms. The molecule has 0 saturated heterocycles. The van der Waals surface area contributed by atoms with Crippen LogP contribution in [0.3, 0.4) is 0 Å². The van der Waals surface area contributed by atoms with Crippen LogP contribution >= 0.6 is 0 Å². The van der Waals surface area contributed by atoms with Crippen LogP contribution in [0.15, 0.2) is 18.2 Å². The summed E-state index contributed by atoms with van der Waals surface area (Å²) in [4.78, 5) is 10.2. The van der Waals surface area contributed by atoms with Crippen LogP contribution < -0.4 is 4.74 Å². The minimum absolute atomic E-state index is 0.507. The molecule has 2 N–H and O–H groups in total. The lowest BCUT2D eigenvalue weighted by molar-refractivity contribution is -0.107. The molecule has 6 heteroatoms. The number of hydrogen-bond acceptors (Lipinski definition) is 3. The van der Waals surface area contributed by atoms with Gasteiger partial charge in [-0.1, -0.05) is 12.1 Å². The summed E-state index contributed by atoms with van der Waals surface area (Å²) in [5, 5.41) is 0. The van der Waals surface area contributed by atoms with Gasteiger partial charge >= 0.3 is 0 Å². The van der Waals surface area contributed by atoms with E-state index in [1.165, 1.54) is 5.56 Å². The van der Waals surface area contributed by atoms with Crippen LogP contribution in [0.4, 0.5) is 0 Å². The lowest BCUT2D eigenvalue weighted by Crippen LogP contribution is -1.86. The zero-order chi connectivity index (χ0) is 12.0.